The highest BCUT2D eigenvalue weighted by Gasteiger charge is 2.20. The minimum Gasteiger partial charge on any atom is -0.201 e. The molecule has 180 valence electrons. The number of nitrogens with zero attached hydrogens (tertiary/aromatic N) is 2. The van der Waals surface area contributed by atoms with Gasteiger partial charge in [0.1, 0.15) is 14.1 Å². The predicted molar refractivity (Wildman–Crippen MR) is 147 cm³/mol. The molecule has 0 aliphatic rings. The minimum atomic E-state index is 0.442. The van der Waals surface area contributed by atoms with Gasteiger partial charge in [-0.25, -0.2) is 9.13 Å². The second-order valence-corrected chi connectivity index (χ2v) is 10.6. The Bertz CT molecular complexity index is 1360. The largest absolute Gasteiger partial charge is 0.212 e. The van der Waals surface area contributed by atoms with Crippen LogP contribution in [-0.4, -0.2) is 0 Å². The molecular weight excluding hydrogens is 424 g/mol. The highest BCUT2D eigenvalue weighted by Crippen LogP contribution is 2.29. The molecule has 1 unspecified atom stereocenters. The van der Waals surface area contributed by atoms with Crippen LogP contribution in [0, 0.1) is 20.8 Å². The van der Waals surface area contributed by atoms with Gasteiger partial charge in [-0.05, 0) is 79.0 Å². The zero-order valence-electron chi connectivity index (χ0n) is 22.7. The van der Waals surface area contributed by atoms with E-state index in [1.54, 1.807) is 0 Å². The van der Waals surface area contributed by atoms with E-state index in [2.05, 4.69) is 138 Å². The lowest BCUT2D eigenvalue weighted by atomic mass is 9.89. The minimum absolute atomic E-state index is 0.442. The summed E-state index contributed by atoms with van der Waals surface area (Å²) in [5.41, 5.74) is 13.4. The van der Waals surface area contributed by atoms with Crippen molar-refractivity contribution in [2.24, 2.45) is 14.1 Å². The molecule has 0 spiro atoms. The normalized spacial score (nSPS) is 12.3. The van der Waals surface area contributed by atoms with Crippen molar-refractivity contribution in [2.45, 2.75) is 59.8 Å². The van der Waals surface area contributed by atoms with E-state index in [0.29, 0.717) is 11.8 Å². The maximum absolute atomic E-state index is 2.38. The summed E-state index contributed by atoms with van der Waals surface area (Å²) >= 11 is 0. The fourth-order valence-electron chi connectivity index (χ4n) is 5.23. The summed E-state index contributed by atoms with van der Waals surface area (Å²) in [6.45, 7) is 13.5. The van der Waals surface area contributed by atoms with Gasteiger partial charge < -0.3 is 0 Å². The Morgan fingerprint density at radius 3 is 2.06 bits per heavy atom. The SMILES string of the molecule is Cc1cc(CC(C)c2c[n+](C)c(-c3ccccc3C)cc2C)ccc1-c1cc(C(C)C)cc[n+]1C. The molecule has 0 saturated carbocycles. The first-order valence-corrected chi connectivity index (χ1v) is 12.8. The third kappa shape index (κ3) is 5.22. The number of benzene rings is 2. The van der Waals surface area contributed by atoms with Crippen LogP contribution < -0.4 is 9.13 Å². The van der Waals surface area contributed by atoms with E-state index >= 15 is 0 Å². The molecule has 0 saturated heterocycles. The van der Waals surface area contributed by atoms with Gasteiger partial charge in [0.2, 0.25) is 11.4 Å². The van der Waals surface area contributed by atoms with Crippen molar-refractivity contribution in [3.8, 4) is 22.5 Å². The Morgan fingerprint density at radius 1 is 0.686 bits per heavy atom. The van der Waals surface area contributed by atoms with Gasteiger partial charge in [-0.1, -0.05) is 51.1 Å². The Morgan fingerprint density at radius 2 is 1.37 bits per heavy atom. The number of aryl methyl sites for hydroxylation is 5. The van der Waals surface area contributed by atoms with Crippen LogP contribution in [0.4, 0.5) is 0 Å². The van der Waals surface area contributed by atoms with Crippen molar-refractivity contribution in [1.82, 2.24) is 0 Å². The number of pyridine rings is 2. The Hall–Kier alpha value is -3.26. The summed E-state index contributed by atoms with van der Waals surface area (Å²) in [5, 5.41) is 0. The molecule has 4 aromatic rings. The van der Waals surface area contributed by atoms with Crippen LogP contribution in [0.2, 0.25) is 0 Å². The first-order valence-electron chi connectivity index (χ1n) is 12.8. The molecule has 2 heterocycles. The molecule has 0 bridgehead atoms. The van der Waals surface area contributed by atoms with Crippen molar-refractivity contribution in [3.63, 3.8) is 0 Å². The number of rotatable bonds is 6. The standard InChI is InChI=1S/C33H40N2/c1-22(2)28-15-16-34(7)33(20-28)30-14-13-27(17-24(30)4)18-25(5)31-21-35(8)32(19-26(31)6)29-12-10-9-11-23(29)3/h9-17,19-22,25H,18H2,1-8H3/q+2. The van der Waals surface area contributed by atoms with Gasteiger partial charge in [-0.2, -0.15) is 0 Å². The third-order valence-electron chi connectivity index (χ3n) is 7.42. The first kappa shape index (κ1) is 24.9. The summed E-state index contributed by atoms with van der Waals surface area (Å²) in [4.78, 5) is 0. The molecule has 0 aliphatic heterocycles. The average molecular weight is 465 g/mol. The fraction of sp³-hybridized carbons (Fsp3) is 0.333. The lowest BCUT2D eigenvalue weighted by molar-refractivity contribution is -0.661. The highest BCUT2D eigenvalue weighted by atomic mass is 14.9. The van der Waals surface area contributed by atoms with Crippen LogP contribution in [0.5, 0.6) is 0 Å². The summed E-state index contributed by atoms with van der Waals surface area (Å²) in [6, 6.07) is 22.6. The second-order valence-electron chi connectivity index (χ2n) is 10.6. The van der Waals surface area contributed by atoms with Gasteiger partial charge in [0, 0.05) is 34.9 Å². The molecule has 2 aromatic heterocycles. The molecule has 35 heavy (non-hydrogen) atoms. The summed E-state index contributed by atoms with van der Waals surface area (Å²) in [5.74, 6) is 0.967. The molecule has 0 fully saturated rings. The van der Waals surface area contributed by atoms with Crippen LogP contribution in [-0.2, 0) is 20.5 Å². The van der Waals surface area contributed by atoms with E-state index in [0.717, 1.165) is 6.42 Å². The van der Waals surface area contributed by atoms with Crippen LogP contribution in [0.3, 0.4) is 0 Å². The summed E-state index contributed by atoms with van der Waals surface area (Å²) in [6.07, 6.45) is 5.55. The Balaban J connectivity index is 1.60. The Labute approximate surface area is 211 Å². The van der Waals surface area contributed by atoms with E-state index in [4.69, 9.17) is 0 Å². The molecule has 2 nitrogen and oxygen atoms in total. The predicted octanol–water partition coefficient (Wildman–Crippen LogP) is 7.06. The molecule has 0 radical (unpaired) electrons. The molecule has 0 N–H and O–H groups in total. The smallest absolute Gasteiger partial charge is 0.201 e. The van der Waals surface area contributed by atoms with Crippen molar-refractivity contribution in [1.29, 1.82) is 0 Å². The molecular formula is C33H40N2+2. The third-order valence-corrected chi connectivity index (χ3v) is 7.42. The van der Waals surface area contributed by atoms with E-state index in [9.17, 15) is 0 Å². The van der Waals surface area contributed by atoms with Crippen LogP contribution in [0.1, 0.15) is 66.0 Å². The van der Waals surface area contributed by atoms with Crippen LogP contribution in [0.25, 0.3) is 22.5 Å². The molecule has 2 heteroatoms. The molecule has 4 rings (SSSR count). The topological polar surface area (TPSA) is 7.76 Å². The lowest BCUT2D eigenvalue weighted by Gasteiger charge is -2.16. The van der Waals surface area contributed by atoms with Crippen molar-refractivity contribution >= 4 is 0 Å². The number of hydrogen-bond donors (Lipinski definition) is 0. The van der Waals surface area contributed by atoms with Gasteiger partial charge in [-0.3, -0.25) is 0 Å². The molecule has 2 aromatic carbocycles. The lowest BCUT2D eigenvalue weighted by Crippen LogP contribution is -2.32. The number of aromatic nitrogens is 2. The van der Waals surface area contributed by atoms with E-state index in [1.807, 2.05) is 0 Å². The van der Waals surface area contributed by atoms with Gasteiger partial charge in [0.15, 0.2) is 12.4 Å². The Kier molecular flexibility index (Phi) is 7.21. The van der Waals surface area contributed by atoms with Crippen LogP contribution in [0.15, 0.2) is 73.1 Å². The zero-order chi connectivity index (χ0) is 25.3. The van der Waals surface area contributed by atoms with Crippen molar-refractivity contribution in [2.75, 3.05) is 0 Å². The van der Waals surface area contributed by atoms with Crippen molar-refractivity contribution < 1.29 is 9.13 Å². The quantitative estimate of drug-likeness (QED) is 0.270. The van der Waals surface area contributed by atoms with Crippen molar-refractivity contribution in [3.05, 3.63) is 106 Å². The van der Waals surface area contributed by atoms with Gasteiger partial charge >= 0.3 is 0 Å². The highest BCUT2D eigenvalue weighted by molar-refractivity contribution is 5.63. The monoisotopic (exact) mass is 464 g/mol. The molecule has 1 atom stereocenters. The molecule has 0 amide bonds. The van der Waals surface area contributed by atoms with Gasteiger partial charge in [-0.15, -0.1) is 0 Å². The van der Waals surface area contributed by atoms with Gasteiger partial charge in [0.05, 0.1) is 0 Å². The van der Waals surface area contributed by atoms with E-state index in [-0.39, 0.29) is 0 Å². The number of hydrogen-bond acceptors (Lipinski definition) is 0. The second kappa shape index (κ2) is 10.2. The maximum Gasteiger partial charge on any atom is 0.212 e. The zero-order valence-corrected chi connectivity index (χ0v) is 22.7. The maximum atomic E-state index is 2.38. The van der Waals surface area contributed by atoms with E-state index in [1.165, 1.54) is 55.9 Å². The fourth-order valence-corrected chi connectivity index (χ4v) is 5.23. The van der Waals surface area contributed by atoms with Gasteiger partial charge in [0.25, 0.3) is 0 Å². The summed E-state index contributed by atoms with van der Waals surface area (Å²) in [7, 11) is 4.31. The summed E-state index contributed by atoms with van der Waals surface area (Å²) < 4.78 is 4.52. The van der Waals surface area contributed by atoms with E-state index < -0.39 is 0 Å². The molecule has 0 aliphatic carbocycles. The van der Waals surface area contributed by atoms with Crippen LogP contribution >= 0.6 is 0 Å². The average Bonchev–Trinajstić information content (AvgIpc) is 2.81. The first-order chi connectivity index (χ1) is 16.7.